The molecule has 2 rings (SSSR count). The molecule has 1 fully saturated rings. The highest BCUT2D eigenvalue weighted by atomic mass is 32.2. The molecule has 1 aliphatic rings. The molecule has 1 saturated heterocycles. The molecule has 22 heavy (non-hydrogen) atoms. The number of benzene rings is 1. The number of nitrogens with one attached hydrogen (secondary N) is 2. The van der Waals surface area contributed by atoms with Gasteiger partial charge in [-0.3, -0.25) is 0 Å². The van der Waals surface area contributed by atoms with Gasteiger partial charge < -0.3 is 5.32 Å². The van der Waals surface area contributed by atoms with Crippen molar-refractivity contribution in [3.63, 3.8) is 0 Å². The molecule has 2 N–H and O–H groups in total. The van der Waals surface area contributed by atoms with E-state index in [1.54, 1.807) is 0 Å². The highest BCUT2D eigenvalue weighted by molar-refractivity contribution is 7.89. The van der Waals surface area contributed by atoms with Crippen molar-refractivity contribution < 1.29 is 21.6 Å². The van der Waals surface area contributed by atoms with E-state index in [0.717, 1.165) is 25.6 Å². The van der Waals surface area contributed by atoms with E-state index in [0.29, 0.717) is 24.0 Å². The average Bonchev–Trinajstić information content (AvgIpc) is 2.90. The molecule has 0 bridgehead atoms. The van der Waals surface area contributed by atoms with Crippen molar-refractivity contribution in [2.75, 3.05) is 19.6 Å². The molecule has 0 amide bonds. The first-order valence-electron chi connectivity index (χ1n) is 7.08. The minimum Gasteiger partial charge on any atom is -0.316 e. The van der Waals surface area contributed by atoms with Gasteiger partial charge in [0.15, 0.2) is 0 Å². The number of rotatable bonds is 5. The van der Waals surface area contributed by atoms with E-state index in [2.05, 4.69) is 10.0 Å². The summed E-state index contributed by atoms with van der Waals surface area (Å²) in [5.41, 5.74) is -0.665. The molecule has 1 aromatic rings. The van der Waals surface area contributed by atoms with Gasteiger partial charge in [-0.2, -0.15) is 13.2 Å². The molecule has 0 aliphatic carbocycles. The molecule has 0 aromatic heterocycles. The van der Waals surface area contributed by atoms with Gasteiger partial charge in [0.25, 0.3) is 0 Å². The van der Waals surface area contributed by atoms with Gasteiger partial charge in [-0.05, 0) is 56.5 Å². The second-order valence-corrected chi connectivity index (χ2v) is 7.26. The maximum Gasteiger partial charge on any atom is 0.416 e. The van der Waals surface area contributed by atoms with Crippen LogP contribution in [0.3, 0.4) is 0 Å². The van der Waals surface area contributed by atoms with E-state index in [-0.39, 0.29) is 11.4 Å². The number of hydrogen-bond donors (Lipinski definition) is 2. The van der Waals surface area contributed by atoms with Crippen LogP contribution < -0.4 is 10.0 Å². The number of alkyl halides is 3. The van der Waals surface area contributed by atoms with Gasteiger partial charge in [-0.15, -0.1) is 0 Å². The van der Waals surface area contributed by atoms with Crippen LogP contribution >= 0.6 is 0 Å². The van der Waals surface area contributed by atoms with Gasteiger partial charge in [0.05, 0.1) is 10.5 Å². The van der Waals surface area contributed by atoms with Crippen LogP contribution in [-0.4, -0.2) is 28.1 Å². The fraction of sp³-hybridized carbons (Fsp3) is 0.571. The van der Waals surface area contributed by atoms with E-state index in [1.807, 2.05) is 0 Å². The summed E-state index contributed by atoms with van der Waals surface area (Å²) >= 11 is 0. The molecule has 1 atom stereocenters. The molecule has 1 heterocycles. The Kier molecular flexibility index (Phi) is 5.14. The summed E-state index contributed by atoms with van der Waals surface area (Å²) in [6.45, 7) is 3.48. The molecule has 4 nitrogen and oxygen atoms in total. The van der Waals surface area contributed by atoms with Crippen molar-refractivity contribution in [3.8, 4) is 0 Å². The van der Waals surface area contributed by atoms with E-state index in [4.69, 9.17) is 0 Å². The Morgan fingerprint density at radius 1 is 1.36 bits per heavy atom. The molecule has 8 heteroatoms. The van der Waals surface area contributed by atoms with E-state index in [9.17, 15) is 21.6 Å². The Morgan fingerprint density at radius 2 is 2.09 bits per heavy atom. The zero-order valence-corrected chi connectivity index (χ0v) is 13.0. The Labute approximate surface area is 128 Å². The average molecular weight is 336 g/mol. The summed E-state index contributed by atoms with van der Waals surface area (Å²) < 4.78 is 65.0. The highest BCUT2D eigenvalue weighted by Gasteiger charge is 2.32. The van der Waals surface area contributed by atoms with Crippen LogP contribution in [0.5, 0.6) is 0 Å². The van der Waals surface area contributed by atoms with Crippen molar-refractivity contribution in [3.05, 3.63) is 29.3 Å². The zero-order valence-electron chi connectivity index (χ0n) is 12.2. The summed E-state index contributed by atoms with van der Waals surface area (Å²) in [4.78, 5) is -0.313. The van der Waals surface area contributed by atoms with Gasteiger partial charge in [0, 0.05) is 6.54 Å². The number of aryl methyl sites for hydroxylation is 1. The third-order valence-electron chi connectivity index (χ3n) is 3.81. The summed E-state index contributed by atoms with van der Waals surface area (Å²) in [5.74, 6) is 0.408. The van der Waals surface area contributed by atoms with Crippen molar-refractivity contribution in [2.24, 2.45) is 5.92 Å². The quantitative estimate of drug-likeness (QED) is 0.867. The second-order valence-electron chi connectivity index (χ2n) is 5.52. The van der Waals surface area contributed by atoms with Crippen LogP contribution in [-0.2, 0) is 16.2 Å². The van der Waals surface area contributed by atoms with Crippen molar-refractivity contribution in [1.29, 1.82) is 0 Å². The predicted octanol–water partition coefficient (Wildman–Crippen LogP) is 2.29. The SMILES string of the molecule is Cc1ccc(C(F)(F)F)cc1S(=O)(=O)NCCC1CCNC1. The van der Waals surface area contributed by atoms with Gasteiger partial charge in [0.1, 0.15) is 0 Å². The Morgan fingerprint density at radius 3 is 2.68 bits per heavy atom. The zero-order chi connectivity index (χ0) is 16.4. The Hall–Kier alpha value is -1.12. The lowest BCUT2D eigenvalue weighted by atomic mass is 10.1. The number of hydrogen-bond acceptors (Lipinski definition) is 3. The Balaban J connectivity index is 2.10. The van der Waals surface area contributed by atoms with Gasteiger partial charge in [-0.25, -0.2) is 13.1 Å². The Bertz CT molecular complexity index is 623. The molecule has 1 aliphatic heterocycles. The van der Waals surface area contributed by atoms with Gasteiger partial charge >= 0.3 is 6.18 Å². The normalized spacial score (nSPS) is 19.5. The summed E-state index contributed by atoms with van der Waals surface area (Å²) in [5, 5.41) is 3.18. The first kappa shape index (κ1) is 17.2. The van der Waals surface area contributed by atoms with Crippen LogP contribution in [0.15, 0.2) is 23.1 Å². The van der Waals surface area contributed by atoms with Crippen molar-refractivity contribution in [1.82, 2.24) is 10.0 Å². The summed E-state index contributed by atoms with van der Waals surface area (Å²) in [6.07, 6.45) is -2.90. The lowest BCUT2D eigenvalue weighted by Gasteiger charge is -2.14. The van der Waals surface area contributed by atoms with E-state index in [1.165, 1.54) is 13.0 Å². The van der Waals surface area contributed by atoms with Crippen LogP contribution in [0, 0.1) is 12.8 Å². The molecular formula is C14H19F3N2O2S. The van der Waals surface area contributed by atoms with E-state index >= 15 is 0 Å². The highest BCUT2D eigenvalue weighted by Crippen LogP contribution is 2.31. The fourth-order valence-corrected chi connectivity index (χ4v) is 3.82. The second kappa shape index (κ2) is 6.55. The topological polar surface area (TPSA) is 58.2 Å². The smallest absolute Gasteiger partial charge is 0.316 e. The maximum atomic E-state index is 12.7. The standard InChI is InChI=1S/C14H19F3N2O2S/c1-10-2-3-12(14(15,16)17)8-13(10)22(20,21)19-7-5-11-4-6-18-9-11/h2-3,8,11,18-19H,4-7,9H2,1H3. The molecule has 124 valence electrons. The van der Waals surface area contributed by atoms with E-state index < -0.39 is 21.8 Å². The van der Waals surface area contributed by atoms with Crippen LogP contribution in [0.4, 0.5) is 13.2 Å². The lowest BCUT2D eigenvalue weighted by molar-refractivity contribution is -0.137. The van der Waals surface area contributed by atoms with Crippen molar-refractivity contribution >= 4 is 10.0 Å². The predicted molar refractivity (Wildman–Crippen MR) is 77.0 cm³/mol. The minimum absolute atomic E-state index is 0.227. The summed E-state index contributed by atoms with van der Waals surface area (Å²) in [6, 6.07) is 2.76. The maximum absolute atomic E-state index is 12.7. The third-order valence-corrected chi connectivity index (χ3v) is 5.42. The molecule has 0 spiro atoms. The first-order chi connectivity index (χ1) is 10.2. The number of halogens is 3. The van der Waals surface area contributed by atoms with Gasteiger partial charge in [-0.1, -0.05) is 6.07 Å². The number of sulfonamides is 1. The largest absolute Gasteiger partial charge is 0.416 e. The monoisotopic (exact) mass is 336 g/mol. The minimum atomic E-state index is -4.56. The van der Waals surface area contributed by atoms with Crippen LogP contribution in [0.25, 0.3) is 0 Å². The third kappa shape index (κ3) is 4.21. The fourth-order valence-electron chi connectivity index (χ4n) is 2.50. The molecule has 0 radical (unpaired) electrons. The van der Waals surface area contributed by atoms with Gasteiger partial charge in [0.2, 0.25) is 10.0 Å². The lowest BCUT2D eigenvalue weighted by Crippen LogP contribution is -2.27. The van der Waals surface area contributed by atoms with Crippen molar-refractivity contribution in [2.45, 2.75) is 30.8 Å². The molecular weight excluding hydrogens is 317 g/mol. The van der Waals surface area contributed by atoms with Crippen LogP contribution in [0.2, 0.25) is 0 Å². The first-order valence-corrected chi connectivity index (χ1v) is 8.57. The van der Waals surface area contributed by atoms with Crippen LogP contribution in [0.1, 0.15) is 24.0 Å². The molecule has 1 aromatic carbocycles. The molecule has 1 unspecified atom stereocenters. The summed E-state index contributed by atoms with van der Waals surface area (Å²) in [7, 11) is -3.94. The molecule has 0 saturated carbocycles.